The second kappa shape index (κ2) is 9.38. The van der Waals surface area contributed by atoms with E-state index < -0.39 is 0 Å². The molecule has 0 atom stereocenters. The van der Waals surface area contributed by atoms with Crippen molar-refractivity contribution < 1.29 is 9.59 Å². The maximum atomic E-state index is 13.2. The van der Waals surface area contributed by atoms with Crippen molar-refractivity contribution in [3.8, 4) is 10.4 Å². The van der Waals surface area contributed by atoms with Gasteiger partial charge < -0.3 is 9.80 Å². The SMILES string of the molecule is CC1CCN(C(=O)C2CCN(C(=O)Cn3cnc4scc(-c5cccs5)c4c3=O)CC2)CC1. The van der Waals surface area contributed by atoms with E-state index in [2.05, 4.69) is 11.9 Å². The zero-order valence-corrected chi connectivity index (χ0v) is 20.4. The van der Waals surface area contributed by atoms with Crippen molar-refractivity contribution in [1.29, 1.82) is 0 Å². The summed E-state index contributed by atoms with van der Waals surface area (Å²) in [6, 6.07) is 3.95. The minimum absolute atomic E-state index is 0.00218. The van der Waals surface area contributed by atoms with Crippen LogP contribution in [0.25, 0.3) is 20.7 Å². The minimum atomic E-state index is -0.178. The molecule has 3 aromatic rings. The molecule has 0 bridgehead atoms. The Hall–Kier alpha value is -2.52. The van der Waals surface area contributed by atoms with Crippen LogP contribution in [0.2, 0.25) is 0 Å². The van der Waals surface area contributed by atoms with Crippen LogP contribution in [-0.4, -0.2) is 57.3 Å². The van der Waals surface area contributed by atoms with Gasteiger partial charge in [0.15, 0.2) is 0 Å². The van der Waals surface area contributed by atoms with Crippen LogP contribution in [0.15, 0.2) is 34.0 Å². The molecule has 5 heterocycles. The molecule has 2 amide bonds. The largest absolute Gasteiger partial charge is 0.342 e. The number of thiophene rings is 2. The summed E-state index contributed by atoms with van der Waals surface area (Å²) < 4.78 is 1.42. The number of aromatic nitrogens is 2. The molecule has 0 aliphatic carbocycles. The van der Waals surface area contributed by atoms with Crippen molar-refractivity contribution in [1.82, 2.24) is 19.4 Å². The number of hydrogen-bond acceptors (Lipinski definition) is 6. The topological polar surface area (TPSA) is 75.5 Å². The second-order valence-electron chi connectivity index (χ2n) is 9.15. The summed E-state index contributed by atoms with van der Waals surface area (Å²) >= 11 is 3.03. The molecule has 2 fully saturated rings. The lowest BCUT2D eigenvalue weighted by Gasteiger charge is -2.36. The van der Waals surface area contributed by atoms with Crippen LogP contribution in [0, 0.1) is 11.8 Å². The molecule has 33 heavy (non-hydrogen) atoms. The van der Waals surface area contributed by atoms with E-state index in [1.807, 2.05) is 27.8 Å². The first kappa shape index (κ1) is 22.3. The highest BCUT2D eigenvalue weighted by Gasteiger charge is 2.31. The van der Waals surface area contributed by atoms with E-state index in [1.54, 1.807) is 16.2 Å². The van der Waals surface area contributed by atoms with Gasteiger partial charge in [-0.25, -0.2) is 4.98 Å². The normalized spacial score (nSPS) is 18.2. The van der Waals surface area contributed by atoms with Crippen molar-refractivity contribution >= 4 is 44.7 Å². The summed E-state index contributed by atoms with van der Waals surface area (Å²) in [5.74, 6) is 0.853. The van der Waals surface area contributed by atoms with Crippen LogP contribution in [0.3, 0.4) is 0 Å². The predicted octanol–water partition coefficient (Wildman–Crippen LogP) is 3.68. The molecule has 3 aromatic heterocycles. The third kappa shape index (κ3) is 4.48. The van der Waals surface area contributed by atoms with Gasteiger partial charge in [0.1, 0.15) is 11.4 Å². The molecule has 0 radical (unpaired) electrons. The average molecular weight is 485 g/mol. The lowest BCUT2D eigenvalue weighted by Crippen LogP contribution is -2.47. The van der Waals surface area contributed by atoms with Gasteiger partial charge in [0, 0.05) is 47.9 Å². The molecule has 2 saturated heterocycles. The molecule has 2 aliphatic heterocycles. The lowest BCUT2D eigenvalue weighted by molar-refractivity contribution is -0.142. The first-order valence-electron chi connectivity index (χ1n) is 11.6. The van der Waals surface area contributed by atoms with Gasteiger partial charge in [-0.15, -0.1) is 22.7 Å². The van der Waals surface area contributed by atoms with Crippen LogP contribution in [-0.2, 0) is 16.1 Å². The smallest absolute Gasteiger partial charge is 0.263 e. The first-order valence-corrected chi connectivity index (χ1v) is 13.3. The highest BCUT2D eigenvalue weighted by atomic mass is 32.1. The standard InChI is InChI=1S/C24H28N4O3S2/c1-16-4-8-27(9-5-16)23(30)17-6-10-26(11-7-17)20(29)13-28-15-25-22-21(24(28)31)18(14-33-22)19-3-2-12-32-19/h2-3,12,14-17H,4-11,13H2,1H3. The van der Waals surface area contributed by atoms with Crippen LogP contribution < -0.4 is 5.56 Å². The van der Waals surface area contributed by atoms with Gasteiger partial charge in [-0.05, 0) is 43.0 Å². The Labute approximate surface area is 200 Å². The number of fused-ring (bicyclic) bond motifs is 1. The van der Waals surface area contributed by atoms with E-state index >= 15 is 0 Å². The van der Waals surface area contributed by atoms with Crippen LogP contribution in [0.4, 0.5) is 0 Å². The highest BCUT2D eigenvalue weighted by Crippen LogP contribution is 2.33. The Kier molecular flexibility index (Phi) is 6.34. The molecular formula is C24H28N4O3S2. The zero-order valence-electron chi connectivity index (χ0n) is 18.7. The summed E-state index contributed by atoms with van der Waals surface area (Å²) in [7, 11) is 0. The van der Waals surface area contributed by atoms with Gasteiger partial charge in [-0.3, -0.25) is 19.0 Å². The molecule has 0 aromatic carbocycles. The van der Waals surface area contributed by atoms with Gasteiger partial charge in [0.05, 0.1) is 11.7 Å². The minimum Gasteiger partial charge on any atom is -0.342 e. The molecule has 0 N–H and O–H groups in total. The first-order chi connectivity index (χ1) is 16.0. The predicted molar refractivity (Wildman–Crippen MR) is 131 cm³/mol. The third-order valence-electron chi connectivity index (χ3n) is 6.95. The maximum Gasteiger partial charge on any atom is 0.263 e. The van der Waals surface area contributed by atoms with E-state index in [4.69, 9.17) is 0 Å². The number of carbonyl (C=O) groups is 2. The fourth-order valence-corrected chi connectivity index (χ4v) is 6.52. The summed E-state index contributed by atoms with van der Waals surface area (Å²) in [6.45, 7) is 5.04. The van der Waals surface area contributed by atoms with E-state index in [-0.39, 0.29) is 29.8 Å². The third-order valence-corrected chi connectivity index (χ3v) is 8.73. The molecule has 5 rings (SSSR count). The van der Waals surface area contributed by atoms with E-state index in [0.717, 1.165) is 36.4 Å². The molecule has 0 unspecified atom stereocenters. The summed E-state index contributed by atoms with van der Waals surface area (Å²) in [6.07, 6.45) is 5.01. The molecule has 9 heteroatoms. The fourth-order valence-electron chi connectivity index (χ4n) is 4.80. The molecule has 2 aliphatic rings. The van der Waals surface area contributed by atoms with Gasteiger partial charge in [0.25, 0.3) is 5.56 Å². The number of nitrogens with zero attached hydrogens (tertiary/aromatic N) is 4. The van der Waals surface area contributed by atoms with Crippen LogP contribution in [0.5, 0.6) is 0 Å². The van der Waals surface area contributed by atoms with E-state index in [0.29, 0.717) is 42.1 Å². The fraction of sp³-hybridized carbons (Fsp3) is 0.500. The van der Waals surface area contributed by atoms with E-state index in [9.17, 15) is 14.4 Å². The lowest BCUT2D eigenvalue weighted by atomic mass is 9.92. The van der Waals surface area contributed by atoms with E-state index in [1.165, 1.54) is 22.2 Å². The Morgan fingerprint density at radius 1 is 1.06 bits per heavy atom. The molecule has 0 saturated carbocycles. The van der Waals surface area contributed by atoms with Crippen LogP contribution in [0.1, 0.15) is 32.6 Å². The number of rotatable bonds is 4. The van der Waals surface area contributed by atoms with Crippen molar-refractivity contribution in [3.05, 3.63) is 39.6 Å². The van der Waals surface area contributed by atoms with Crippen LogP contribution >= 0.6 is 22.7 Å². The van der Waals surface area contributed by atoms with Crippen molar-refractivity contribution in [3.63, 3.8) is 0 Å². The Morgan fingerprint density at radius 2 is 1.79 bits per heavy atom. The van der Waals surface area contributed by atoms with Gasteiger partial charge >= 0.3 is 0 Å². The highest BCUT2D eigenvalue weighted by molar-refractivity contribution is 7.18. The monoisotopic (exact) mass is 484 g/mol. The van der Waals surface area contributed by atoms with Gasteiger partial charge in [0.2, 0.25) is 11.8 Å². The quantitative estimate of drug-likeness (QED) is 0.566. The number of hydrogen-bond donors (Lipinski definition) is 0. The van der Waals surface area contributed by atoms with Crippen molar-refractivity contribution in [2.45, 2.75) is 39.2 Å². The average Bonchev–Trinajstić information content (AvgIpc) is 3.51. The molecule has 0 spiro atoms. The molecular weight excluding hydrogens is 456 g/mol. The molecule has 174 valence electrons. The van der Waals surface area contributed by atoms with Crippen molar-refractivity contribution in [2.24, 2.45) is 11.8 Å². The Morgan fingerprint density at radius 3 is 2.48 bits per heavy atom. The maximum absolute atomic E-state index is 13.2. The summed E-state index contributed by atoms with van der Waals surface area (Å²) in [5.41, 5.74) is 0.707. The van der Waals surface area contributed by atoms with Crippen molar-refractivity contribution in [2.75, 3.05) is 26.2 Å². The zero-order chi connectivity index (χ0) is 22.9. The number of amides is 2. The Bertz CT molecular complexity index is 1200. The van der Waals surface area contributed by atoms with Gasteiger partial charge in [-0.2, -0.15) is 0 Å². The number of piperidine rings is 2. The molecule has 7 nitrogen and oxygen atoms in total. The number of carbonyl (C=O) groups excluding carboxylic acids is 2. The second-order valence-corrected chi connectivity index (χ2v) is 11.0. The number of likely N-dealkylation sites (tertiary alicyclic amines) is 2. The summed E-state index contributed by atoms with van der Waals surface area (Å²) in [4.78, 5) is 49.0. The summed E-state index contributed by atoms with van der Waals surface area (Å²) in [5, 5.41) is 4.53. The Balaban J connectivity index is 1.24. The van der Waals surface area contributed by atoms with Gasteiger partial charge in [-0.1, -0.05) is 13.0 Å².